The predicted octanol–water partition coefficient (Wildman–Crippen LogP) is 2.34. The van der Waals surface area contributed by atoms with Crippen LogP contribution in [0.4, 0.5) is 0 Å². The fourth-order valence-corrected chi connectivity index (χ4v) is 2.82. The van der Waals surface area contributed by atoms with Crippen LogP contribution >= 0.6 is 0 Å². The standard InChI is InChI=1S/C17H24N4O4/c1-4-11(2)16(13-10-18-25-12(13)3)24-15-9-14(19-20-15)17(22)21-5-7-23-8-6-21/h9-11,16H,4-8H2,1-3H3,(H,19,20). The van der Waals surface area contributed by atoms with Gasteiger partial charge in [-0.2, -0.15) is 0 Å². The molecular weight excluding hydrogens is 324 g/mol. The molecule has 0 aliphatic carbocycles. The first-order valence-electron chi connectivity index (χ1n) is 8.60. The van der Waals surface area contributed by atoms with E-state index in [1.165, 1.54) is 0 Å². The van der Waals surface area contributed by atoms with Gasteiger partial charge in [0.2, 0.25) is 5.88 Å². The molecule has 1 aliphatic rings. The van der Waals surface area contributed by atoms with E-state index < -0.39 is 0 Å². The number of nitrogens with one attached hydrogen (secondary N) is 1. The zero-order valence-corrected chi connectivity index (χ0v) is 14.8. The van der Waals surface area contributed by atoms with Crippen LogP contribution in [-0.4, -0.2) is 52.5 Å². The first-order chi connectivity index (χ1) is 12.1. The second kappa shape index (κ2) is 7.69. The number of nitrogens with zero attached hydrogens (tertiary/aromatic N) is 3. The molecule has 0 saturated carbocycles. The summed E-state index contributed by atoms with van der Waals surface area (Å²) >= 11 is 0. The van der Waals surface area contributed by atoms with Crippen molar-refractivity contribution in [2.75, 3.05) is 26.3 Å². The maximum absolute atomic E-state index is 12.5. The Labute approximate surface area is 146 Å². The SMILES string of the molecule is CCC(C)C(Oc1cc(C(=O)N2CCOCC2)[nH]n1)c1cnoc1C. The number of carbonyl (C=O) groups is 1. The van der Waals surface area contributed by atoms with E-state index in [1.54, 1.807) is 17.2 Å². The summed E-state index contributed by atoms with van der Waals surface area (Å²) in [4.78, 5) is 14.2. The first-order valence-corrected chi connectivity index (χ1v) is 8.60. The van der Waals surface area contributed by atoms with Gasteiger partial charge in [-0.05, 0) is 19.3 Å². The minimum absolute atomic E-state index is 0.0908. The van der Waals surface area contributed by atoms with E-state index >= 15 is 0 Å². The van der Waals surface area contributed by atoms with Gasteiger partial charge in [0.1, 0.15) is 17.6 Å². The minimum Gasteiger partial charge on any atom is -0.468 e. The fraction of sp³-hybridized carbons (Fsp3) is 0.588. The number of morpholine rings is 1. The number of hydrogen-bond acceptors (Lipinski definition) is 6. The number of aromatic nitrogens is 3. The highest BCUT2D eigenvalue weighted by Gasteiger charge is 2.26. The molecule has 8 heteroatoms. The lowest BCUT2D eigenvalue weighted by Crippen LogP contribution is -2.40. The van der Waals surface area contributed by atoms with Gasteiger partial charge in [0.15, 0.2) is 0 Å². The van der Waals surface area contributed by atoms with Crippen LogP contribution in [0.3, 0.4) is 0 Å². The summed E-state index contributed by atoms with van der Waals surface area (Å²) in [5.74, 6) is 1.27. The van der Waals surface area contributed by atoms with E-state index in [0.717, 1.165) is 17.7 Å². The van der Waals surface area contributed by atoms with Crippen molar-refractivity contribution in [2.24, 2.45) is 5.92 Å². The minimum atomic E-state index is -0.231. The van der Waals surface area contributed by atoms with Crippen molar-refractivity contribution in [1.82, 2.24) is 20.3 Å². The van der Waals surface area contributed by atoms with E-state index in [0.29, 0.717) is 37.9 Å². The number of rotatable bonds is 6. The van der Waals surface area contributed by atoms with Crippen molar-refractivity contribution in [1.29, 1.82) is 0 Å². The average Bonchev–Trinajstić information content (AvgIpc) is 3.28. The molecule has 2 atom stereocenters. The highest BCUT2D eigenvalue weighted by atomic mass is 16.5. The third-order valence-electron chi connectivity index (χ3n) is 4.59. The number of amides is 1. The maximum Gasteiger partial charge on any atom is 0.272 e. The summed E-state index contributed by atoms with van der Waals surface area (Å²) in [6, 6.07) is 1.65. The first kappa shape index (κ1) is 17.5. The molecule has 3 rings (SSSR count). The lowest BCUT2D eigenvalue weighted by atomic mass is 9.96. The molecule has 0 aromatic carbocycles. The molecular formula is C17H24N4O4. The van der Waals surface area contributed by atoms with Crippen molar-refractivity contribution in [3.8, 4) is 5.88 Å². The van der Waals surface area contributed by atoms with Crippen LogP contribution in [0, 0.1) is 12.8 Å². The van der Waals surface area contributed by atoms with Gasteiger partial charge in [0, 0.05) is 19.2 Å². The molecule has 25 heavy (non-hydrogen) atoms. The van der Waals surface area contributed by atoms with E-state index in [4.69, 9.17) is 14.0 Å². The van der Waals surface area contributed by atoms with E-state index in [1.807, 2.05) is 6.92 Å². The van der Waals surface area contributed by atoms with Gasteiger partial charge in [0.05, 0.1) is 25.0 Å². The quantitative estimate of drug-likeness (QED) is 0.861. The second-order valence-corrected chi connectivity index (χ2v) is 6.29. The van der Waals surface area contributed by atoms with Gasteiger partial charge in [-0.1, -0.05) is 19.0 Å². The molecule has 0 radical (unpaired) electrons. The number of ether oxygens (including phenoxy) is 2. The number of hydrogen-bond donors (Lipinski definition) is 1. The molecule has 1 aliphatic heterocycles. The van der Waals surface area contributed by atoms with Crippen LogP contribution in [0.15, 0.2) is 16.8 Å². The van der Waals surface area contributed by atoms with Crippen LogP contribution in [0.5, 0.6) is 5.88 Å². The average molecular weight is 348 g/mol. The largest absolute Gasteiger partial charge is 0.468 e. The number of H-pyrrole nitrogens is 1. The molecule has 1 fully saturated rings. The van der Waals surface area contributed by atoms with Crippen LogP contribution in [0.1, 0.15) is 48.2 Å². The molecule has 136 valence electrons. The van der Waals surface area contributed by atoms with Gasteiger partial charge in [-0.25, -0.2) is 0 Å². The van der Waals surface area contributed by atoms with Gasteiger partial charge >= 0.3 is 0 Å². The third kappa shape index (κ3) is 3.84. The molecule has 1 saturated heterocycles. The number of aromatic amines is 1. The van der Waals surface area contributed by atoms with E-state index in [9.17, 15) is 4.79 Å². The molecule has 2 unspecified atom stereocenters. The summed E-state index contributed by atoms with van der Waals surface area (Å²) in [5.41, 5.74) is 1.32. The van der Waals surface area contributed by atoms with Gasteiger partial charge in [0.25, 0.3) is 5.91 Å². The van der Waals surface area contributed by atoms with Crippen LogP contribution in [0.25, 0.3) is 0 Å². The van der Waals surface area contributed by atoms with Gasteiger partial charge in [-0.15, -0.1) is 5.10 Å². The summed E-state index contributed by atoms with van der Waals surface area (Å²) in [5, 5.41) is 10.8. The zero-order valence-electron chi connectivity index (χ0n) is 14.8. The molecule has 2 aromatic rings. The van der Waals surface area contributed by atoms with Crippen molar-refractivity contribution in [3.05, 3.63) is 29.3 Å². The Bertz CT molecular complexity index is 705. The Morgan fingerprint density at radius 3 is 2.84 bits per heavy atom. The maximum atomic E-state index is 12.5. The molecule has 0 spiro atoms. The molecule has 0 bridgehead atoms. The van der Waals surface area contributed by atoms with Crippen LogP contribution < -0.4 is 4.74 Å². The molecule has 3 heterocycles. The lowest BCUT2D eigenvalue weighted by molar-refractivity contribution is 0.0299. The Balaban J connectivity index is 1.74. The lowest BCUT2D eigenvalue weighted by Gasteiger charge is -2.26. The Morgan fingerprint density at radius 1 is 1.44 bits per heavy atom. The molecule has 1 N–H and O–H groups in total. The van der Waals surface area contributed by atoms with E-state index in [-0.39, 0.29) is 17.9 Å². The second-order valence-electron chi connectivity index (χ2n) is 6.29. The summed E-state index contributed by atoms with van der Waals surface area (Å²) in [6.07, 6.45) is 2.38. The van der Waals surface area contributed by atoms with Crippen LogP contribution in [0.2, 0.25) is 0 Å². The van der Waals surface area contributed by atoms with Crippen molar-refractivity contribution >= 4 is 5.91 Å². The summed E-state index contributed by atoms with van der Waals surface area (Å²) in [6.45, 7) is 8.36. The van der Waals surface area contributed by atoms with Gasteiger partial charge in [-0.3, -0.25) is 9.89 Å². The third-order valence-corrected chi connectivity index (χ3v) is 4.59. The van der Waals surface area contributed by atoms with Gasteiger partial charge < -0.3 is 18.9 Å². The van der Waals surface area contributed by atoms with Crippen molar-refractivity contribution in [2.45, 2.75) is 33.3 Å². The highest BCUT2D eigenvalue weighted by molar-refractivity contribution is 5.92. The number of aryl methyl sites for hydroxylation is 1. The summed E-state index contributed by atoms with van der Waals surface area (Å²) in [7, 11) is 0. The molecule has 8 nitrogen and oxygen atoms in total. The Hall–Kier alpha value is -2.35. The normalized spacial score (nSPS) is 17.3. The molecule has 2 aromatic heterocycles. The predicted molar refractivity (Wildman–Crippen MR) is 89.4 cm³/mol. The van der Waals surface area contributed by atoms with Crippen LogP contribution in [-0.2, 0) is 4.74 Å². The number of carbonyl (C=O) groups excluding carboxylic acids is 1. The topological polar surface area (TPSA) is 93.5 Å². The smallest absolute Gasteiger partial charge is 0.272 e. The highest BCUT2D eigenvalue weighted by Crippen LogP contribution is 2.31. The monoisotopic (exact) mass is 348 g/mol. The van der Waals surface area contributed by atoms with Crippen molar-refractivity contribution in [3.63, 3.8) is 0 Å². The Morgan fingerprint density at radius 2 is 2.20 bits per heavy atom. The zero-order chi connectivity index (χ0) is 17.8. The van der Waals surface area contributed by atoms with Crippen molar-refractivity contribution < 1.29 is 18.8 Å². The molecule has 1 amide bonds. The Kier molecular flexibility index (Phi) is 5.37. The summed E-state index contributed by atoms with van der Waals surface area (Å²) < 4.78 is 16.5. The fourth-order valence-electron chi connectivity index (χ4n) is 2.82. The van der Waals surface area contributed by atoms with E-state index in [2.05, 4.69) is 29.2 Å².